The minimum Gasteiger partial charge on any atom is -0.396 e. The van der Waals surface area contributed by atoms with Gasteiger partial charge < -0.3 is 5.11 Å². The van der Waals surface area contributed by atoms with Gasteiger partial charge >= 0.3 is 0 Å². The Kier molecular flexibility index (Phi) is 4.81. The zero-order valence-electron chi connectivity index (χ0n) is 12.8. The van der Waals surface area contributed by atoms with Crippen LogP contribution in [0.2, 0.25) is 0 Å². The second-order valence-corrected chi connectivity index (χ2v) is 5.70. The van der Waals surface area contributed by atoms with Crippen LogP contribution in [-0.2, 0) is 13.0 Å². The van der Waals surface area contributed by atoms with Crippen molar-refractivity contribution in [1.29, 1.82) is 0 Å². The Morgan fingerprint density at radius 1 is 0.818 bits per heavy atom. The molecule has 0 radical (unpaired) electrons. The van der Waals surface area contributed by atoms with E-state index in [0.29, 0.717) is 0 Å². The molecule has 0 atom stereocenters. The monoisotopic (exact) mass is 292 g/mol. The van der Waals surface area contributed by atoms with E-state index in [1.807, 2.05) is 0 Å². The number of nitrogens with zero attached hydrogens (tertiary/aromatic N) is 1. The highest BCUT2D eigenvalue weighted by atomic mass is 16.2. The van der Waals surface area contributed by atoms with Gasteiger partial charge in [-0.25, -0.2) is 0 Å². The van der Waals surface area contributed by atoms with E-state index in [4.69, 9.17) is 5.11 Å². The molecule has 1 aromatic heterocycles. The molecule has 0 fully saturated rings. The third-order valence-corrected chi connectivity index (χ3v) is 3.98. The van der Waals surface area contributed by atoms with Gasteiger partial charge in [-0.3, -0.25) is 0 Å². The van der Waals surface area contributed by atoms with Crippen LogP contribution < -0.4 is 4.57 Å². The first-order chi connectivity index (χ1) is 10.9. The molecule has 0 aliphatic carbocycles. The molecule has 22 heavy (non-hydrogen) atoms. The summed E-state index contributed by atoms with van der Waals surface area (Å²) in [5.41, 5.74) is 3.91. The number of fused-ring (bicyclic) bond motifs is 1. The summed E-state index contributed by atoms with van der Waals surface area (Å²) in [5.74, 6) is 0. The van der Waals surface area contributed by atoms with E-state index in [0.717, 1.165) is 25.8 Å². The van der Waals surface area contributed by atoms with E-state index >= 15 is 0 Å². The maximum absolute atomic E-state index is 8.96. The van der Waals surface area contributed by atoms with Gasteiger partial charge in [0, 0.05) is 29.2 Å². The number of aromatic nitrogens is 1. The zero-order valence-corrected chi connectivity index (χ0v) is 12.8. The fourth-order valence-corrected chi connectivity index (χ4v) is 2.87. The molecule has 0 amide bonds. The third-order valence-electron chi connectivity index (χ3n) is 3.98. The Labute approximate surface area is 131 Å². The van der Waals surface area contributed by atoms with Gasteiger partial charge in [-0.15, -0.1) is 0 Å². The predicted octanol–water partition coefficient (Wildman–Crippen LogP) is 3.49. The summed E-state index contributed by atoms with van der Waals surface area (Å²) in [5, 5.41) is 10.2. The molecule has 0 spiro atoms. The van der Waals surface area contributed by atoms with Crippen LogP contribution in [-0.4, -0.2) is 11.7 Å². The van der Waals surface area contributed by atoms with E-state index in [9.17, 15) is 0 Å². The van der Waals surface area contributed by atoms with Crippen LogP contribution in [0.15, 0.2) is 66.9 Å². The van der Waals surface area contributed by atoms with Gasteiger partial charge in [0.15, 0.2) is 12.7 Å². The highest BCUT2D eigenvalue weighted by Gasteiger charge is 2.11. The summed E-state index contributed by atoms with van der Waals surface area (Å²) in [6, 6.07) is 21.4. The number of pyridine rings is 1. The fourth-order valence-electron chi connectivity index (χ4n) is 2.87. The summed E-state index contributed by atoms with van der Waals surface area (Å²) >= 11 is 0. The summed E-state index contributed by atoms with van der Waals surface area (Å²) in [4.78, 5) is 0. The molecule has 1 N–H and O–H groups in total. The molecule has 0 aliphatic heterocycles. The van der Waals surface area contributed by atoms with Gasteiger partial charge in [0.1, 0.15) is 0 Å². The first-order valence-corrected chi connectivity index (χ1v) is 7.93. The lowest BCUT2D eigenvalue weighted by molar-refractivity contribution is -0.662. The maximum Gasteiger partial charge on any atom is 0.212 e. The largest absolute Gasteiger partial charge is 0.396 e. The Morgan fingerprint density at radius 3 is 2.41 bits per heavy atom. The van der Waals surface area contributed by atoms with Crippen molar-refractivity contribution in [2.75, 3.05) is 6.61 Å². The maximum atomic E-state index is 8.96. The molecular weight excluding hydrogens is 270 g/mol. The number of benzene rings is 2. The molecule has 0 aliphatic rings. The SMILES string of the molecule is OCCCCc1cc2ccccc2[n+](Cc2ccccc2)c1. The number of rotatable bonds is 6. The first-order valence-electron chi connectivity index (χ1n) is 7.93. The molecule has 3 rings (SSSR count). The van der Waals surface area contributed by atoms with E-state index < -0.39 is 0 Å². The van der Waals surface area contributed by atoms with Crippen molar-refractivity contribution in [2.24, 2.45) is 0 Å². The average molecular weight is 292 g/mol. The Hall–Kier alpha value is -2.19. The van der Waals surface area contributed by atoms with Crippen molar-refractivity contribution in [2.45, 2.75) is 25.8 Å². The molecular formula is C20H22NO+. The van der Waals surface area contributed by atoms with E-state index in [1.165, 1.54) is 22.0 Å². The number of hydrogen-bond acceptors (Lipinski definition) is 1. The van der Waals surface area contributed by atoms with Gasteiger partial charge in [0.05, 0.1) is 0 Å². The van der Waals surface area contributed by atoms with Gasteiger partial charge in [-0.05, 0) is 31.4 Å². The third kappa shape index (κ3) is 3.52. The molecule has 0 unspecified atom stereocenters. The van der Waals surface area contributed by atoms with Crippen LogP contribution in [0, 0.1) is 0 Å². The van der Waals surface area contributed by atoms with Crippen molar-refractivity contribution in [3.8, 4) is 0 Å². The van der Waals surface area contributed by atoms with Gasteiger partial charge in [-0.1, -0.05) is 42.5 Å². The van der Waals surface area contributed by atoms with Crippen molar-refractivity contribution in [3.05, 3.63) is 78.0 Å². The minimum absolute atomic E-state index is 0.275. The lowest BCUT2D eigenvalue weighted by Gasteiger charge is -2.06. The van der Waals surface area contributed by atoms with Crippen LogP contribution in [0.3, 0.4) is 0 Å². The predicted molar refractivity (Wildman–Crippen MR) is 89.7 cm³/mol. The average Bonchev–Trinajstić information content (AvgIpc) is 2.56. The topological polar surface area (TPSA) is 24.1 Å². The van der Waals surface area contributed by atoms with Crippen molar-refractivity contribution in [1.82, 2.24) is 0 Å². The second-order valence-electron chi connectivity index (χ2n) is 5.70. The molecule has 1 heterocycles. The molecule has 0 saturated carbocycles. The highest BCUT2D eigenvalue weighted by Crippen LogP contribution is 2.14. The fraction of sp³-hybridized carbons (Fsp3) is 0.250. The summed E-state index contributed by atoms with van der Waals surface area (Å²) in [6.45, 7) is 1.16. The standard InChI is InChI=1S/C20H22NO/c22-13-7-6-10-18-14-19-11-4-5-12-20(19)21(16-18)15-17-8-2-1-3-9-17/h1-5,8-9,11-12,14,16,22H,6-7,10,13,15H2/q+1. The first kappa shape index (κ1) is 14.7. The Bertz CT molecular complexity index is 737. The van der Waals surface area contributed by atoms with E-state index in [1.54, 1.807) is 0 Å². The van der Waals surface area contributed by atoms with E-state index in [2.05, 4.69) is 71.4 Å². The van der Waals surface area contributed by atoms with Crippen molar-refractivity contribution >= 4 is 10.9 Å². The molecule has 3 aromatic rings. The number of para-hydroxylation sites is 1. The van der Waals surface area contributed by atoms with Gasteiger partial charge in [-0.2, -0.15) is 4.57 Å². The van der Waals surface area contributed by atoms with Crippen LogP contribution in [0.4, 0.5) is 0 Å². The number of aliphatic hydroxyl groups is 1. The Morgan fingerprint density at radius 2 is 1.59 bits per heavy atom. The quantitative estimate of drug-likeness (QED) is 0.546. The van der Waals surface area contributed by atoms with Crippen molar-refractivity contribution in [3.63, 3.8) is 0 Å². The van der Waals surface area contributed by atoms with Gasteiger partial charge in [0.2, 0.25) is 5.52 Å². The normalized spacial score (nSPS) is 11.0. The summed E-state index contributed by atoms with van der Waals surface area (Å²) in [7, 11) is 0. The lowest BCUT2D eigenvalue weighted by Crippen LogP contribution is -2.35. The number of unbranched alkanes of at least 4 members (excludes halogenated alkanes) is 1. The van der Waals surface area contributed by atoms with Crippen LogP contribution in [0.25, 0.3) is 10.9 Å². The minimum atomic E-state index is 0.275. The molecule has 2 heteroatoms. The van der Waals surface area contributed by atoms with Crippen LogP contribution >= 0.6 is 0 Å². The summed E-state index contributed by atoms with van der Waals surface area (Å²) in [6.07, 6.45) is 5.17. The number of aryl methyl sites for hydroxylation is 1. The second kappa shape index (κ2) is 7.19. The van der Waals surface area contributed by atoms with Crippen molar-refractivity contribution < 1.29 is 9.67 Å². The molecule has 2 nitrogen and oxygen atoms in total. The Balaban J connectivity index is 1.95. The summed E-state index contributed by atoms with van der Waals surface area (Å²) < 4.78 is 2.33. The molecule has 112 valence electrons. The van der Waals surface area contributed by atoms with Crippen LogP contribution in [0.5, 0.6) is 0 Å². The molecule has 0 saturated heterocycles. The zero-order chi connectivity index (χ0) is 15.2. The van der Waals surface area contributed by atoms with E-state index in [-0.39, 0.29) is 6.61 Å². The number of hydrogen-bond donors (Lipinski definition) is 1. The number of aliphatic hydroxyl groups excluding tert-OH is 1. The smallest absolute Gasteiger partial charge is 0.212 e. The highest BCUT2D eigenvalue weighted by molar-refractivity contribution is 5.75. The van der Waals surface area contributed by atoms with Crippen LogP contribution in [0.1, 0.15) is 24.0 Å². The molecule has 2 aromatic carbocycles. The lowest BCUT2D eigenvalue weighted by atomic mass is 10.1. The van der Waals surface area contributed by atoms with Gasteiger partial charge in [0.25, 0.3) is 0 Å². The molecule has 0 bridgehead atoms.